The lowest BCUT2D eigenvalue weighted by Crippen LogP contribution is -2.26. The Kier molecular flexibility index (Phi) is 4.76. The van der Waals surface area contributed by atoms with Gasteiger partial charge in [-0.15, -0.1) is 5.10 Å². The zero-order valence-corrected chi connectivity index (χ0v) is 13.9. The zero-order valence-electron chi connectivity index (χ0n) is 13.9. The Morgan fingerprint density at radius 1 is 1.05 bits per heavy atom. The van der Waals surface area contributed by atoms with Gasteiger partial charge in [0.1, 0.15) is 5.75 Å². The van der Waals surface area contributed by atoms with Crippen molar-refractivity contribution in [2.24, 2.45) is 16.6 Å². The number of nitrogens with one attached hydrogen (secondary N) is 1. The maximum atomic E-state index is 10.6. The molecule has 1 aromatic carbocycles. The fraction of sp³-hybridized carbons (Fsp3) is 0.562. The van der Waals surface area contributed by atoms with E-state index in [-0.39, 0.29) is 16.8 Å². The summed E-state index contributed by atoms with van der Waals surface area (Å²) < 4.78 is 0. The number of hydrogen-bond acceptors (Lipinski definition) is 3. The maximum absolute atomic E-state index is 10.6. The Labute approximate surface area is 127 Å². The van der Waals surface area contributed by atoms with Crippen LogP contribution in [0.4, 0.5) is 0 Å². The SMILES string of the molecule is CC(C)(C)c1cc(CNN=C(N)N)cc(C(C)(C)C)c1O. The highest BCUT2D eigenvalue weighted by Crippen LogP contribution is 2.39. The molecule has 0 spiro atoms. The van der Waals surface area contributed by atoms with Gasteiger partial charge in [0.15, 0.2) is 0 Å². The number of hydrogen-bond donors (Lipinski definition) is 4. The van der Waals surface area contributed by atoms with E-state index in [1.165, 1.54) is 0 Å². The van der Waals surface area contributed by atoms with Gasteiger partial charge in [0.05, 0.1) is 6.54 Å². The Morgan fingerprint density at radius 3 is 1.81 bits per heavy atom. The zero-order chi connectivity index (χ0) is 16.4. The lowest BCUT2D eigenvalue weighted by Gasteiger charge is -2.28. The van der Waals surface area contributed by atoms with E-state index >= 15 is 0 Å². The fourth-order valence-corrected chi connectivity index (χ4v) is 2.16. The van der Waals surface area contributed by atoms with Gasteiger partial charge in [-0.05, 0) is 39.7 Å². The van der Waals surface area contributed by atoms with Crippen LogP contribution in [-0.4, -0.2) is 11.1 Å². The molecule has 0 radical (unpaired) electrons. The van der Waals surface area contributed by atoms with E-state index in [4.69, 9.17) is 11.5 Å². The third-order valence-corrected chi connectivity index (χ3v) is 3.28. The standard InChI is InChI=1S/C16H28N4O/c1-15(2,3)11-7-10(9-19-20-14(17)18)8-12(13(11)21)16(4,5)6/h7-8,19,21H,9H2,1-6H3,(H4,17,18,20). The maximum Gasteiger partial charge on any atom is 0.208 e. The molecule has 1 rings (SSSR count). The van der Waals surface area contributed by atoms with E-state index in [0.717, 1.165) is 16.7 Å². The smallest absolute Gasteiger partial charge is 0.208 e. The highest BCUT2D eigenvalue weighted by molar-refractivity contribution is 5.75. The Balaban J connectivity index is 3.31. The molecule has 118 valence electrons. The summed E-state index contributed by atoms with van der Waals surface area (Å²) in [7, 11) is 0. The van der Waals surface area contributed by atoms with Gasteiger partial charge >= 0.3 is 0 Å². The minimum atomic E-state index is -0.143. The topological polar surface area (TPSA) is 96.7 Å². The van der Waals surface area contributed by atoms with Crippen LogP contribution in [0.3, 0.4) is 0 Å². The molecule has 5 heteroatoms. The molecule has 5 nitrogen and oxygen atoms in total. The summed E-state index contributed by atoms with van der Waals surface area (Å²) in [5.41, 5.74) is 16.0. The number of guanidine groups is 1. The number of hydrazone groups is 1. The van der Waals surface area contributed by atoms with Crippen molar-refractivity contribution in [3.8, 4) is 5.75 Å². The normalized spacial score (nSPS) is 12.1. The first-order valence-corrected chi connectivity index (χ1v) is 7.11. The second-order valence-corrected chi connectivity index (χ2v) is 7.41. The number of nitrogens with zero attached hydrogens (tertiary/aromatic N) is 1. The van der Waals surface area contributed by atoms with Crippen LogP contribution in [0.25, 0.3) is 0 Å². The molecule has 6 N–H and O–H groups in total. The Bertz CT molecular complexity index is 497. The second kappa shape index (κ2) is 5.84. The van der Waals surface area contributed by atoms with E-state index < -0.39 is 0 Å². The summed E-state index contributed by atoms with van der Waals surface area (Å²) in [4.78, 5) is 0. The van der Waals surface area contributed by atoms with Crippen molar-refractivity contribution >= 4 is 5.96 Å². The number of benzene rings is 1. The van der Waals surface area contributed by atoms with Crippen LogP contribution in [0.2, 0.25) is 0 Å². The first-order chi connectivity index (χ1) is 9.43. The van der Waals surface area contributed by atoms with Gasteiger partial charge in [-0.3, -0.25) is 0 Å². The van der Waals surface area contributed by atoms with Crippen molar-refractivity contribution in [3.05, 3.63) is 28.8 Å². The van der Waals surface area contributed by atoms with Gasteiger partial charge in [0, 0.05) is 0 Å². The van der Waals surface area contributed by atoms with Crippen LogP contribution >= 0.6 is 0 Å². The molecule has 0 aliphatic rings. The average Bonchev–Trinajstić information content (AvgIpc) is 2.27. The molecule has 0 saturated heterocycles. The first kappa shape index (κ1) is 17.1. The lowest BCUT2D eigenvalue weighted by atomic mass is 9.78. The van der Waals surface area contributed by atoms with E-state index in [2.05, 4.69) is 52.1 Å². The second-order valence-electron chi connectivity index (χ2n) is 7.41. The third-order valence-electron chi connectivity index (χ3n) is 3.28. The van der Waals surface area contributed by atoms with Crippen molar-refractivity contribution in [1.82, 2.24) is 5.43 Å². The lowest BCUT2D eigenvalue weighted by molar-refractivity contribution is 0.422. The molecule has 0 saturated carbocycles. The Morgan fingerprint density at radius 2 is 1.48 bits per heavy atom. The minimum absolute atomic E-state index is 0.000804. The van der Waals surface area contributed by atoms with Crippen molar-refractivity contribution in [1.29, 1.82) is 0 Å². The molecule has 21 heavy (non-hydrogen) atoms. The predicted molar refractivity (Wildman–Crippen MR) is 88.2 cm³/mol. The van der Waals surface area contributed by atoms with Crippen molar-refractivity contribution in [2.45, 2.75) is 58.9 Å². The molecule has 0 aliphatic carbocycles. The Hall–Kier alpha value is -1.91. The summed E-state index contributed by atoms with van der Waals surface area (Å²) in [6.07, 6.45) is 0. The van der Waals surface area contributed by atoms with E-state index in [1.807, 2.05) is 12.1 Å². The molecular formula is C16H28N4O. The highest BCUT2D eigenvalue weighted by Gasteiger charge is 2.26. The van der Waals surface area contributed by atoms with Crippen LogP contribution in [0, 0.1) is 0 Å². The van der Waals surface area contributed by atoms with Crippen LogP contribution in [0.15, 0.2) is 17.2 Å². The molecule has 0 aromatic heterocycles. The minimum Gasteiger partial charge on any atom is -0.507 e. The predicted octanol–water partition coefficient (Wildman–Crippen LogP) is 2.27. The van der Waals surface area contributed by atoms with E-state index in [0.29, 0.717) is 12.3 Å². The van der Waals surface area contributed by atoms with Gasteiger partial charge in [-0.1, -0.05) is 41.5 Å². The molecule has 0 unspecified atom stereocenters. The molecule has 0 atom stereocenters. The van der Waals surface area contributed by atoms with Crippen LogP contribution in [-0.2, 0) is 17.4 Å². The largest absolute Gasteiger partial charge is 0.507 e. The van der Waals surface area contributed by atoms with Crippen molar-refractivity contribution < 1.29 is 5.11 Å². The molecule has 1 aromatic rings. The molecule has 0 aliphatic heterocycles. The summed E-state index contributed by atoms with van der Waals surface area (Å²) in [5.74, 6) is 0.376. The number of rotatable bonds is 3. The molecule has 0 heterocycles. The van der Waals surface area contributed by atoms with Gasteiger partial charge < -0.3 is 22.0 Å². The van der Waals surface area contributed by atoms with Crippen molar-refractivity contribution in [2.75, 3.05) is 0 Å². The average molecular weight is 292 g/mol. The number of aromatic hydroxyl groups is 1. The summed E-state index contributed by atoms with van der Waals surface area (Å²) >= 11 is 0. The van der Waals surface area contributed by atoms with Gasteiger partial charge in [-0.2, -0.15) is 0 Å². The number of phenolic OH excluding ortho intramolecular Hbond substituents is 1. The third kappa shape index (κ3) is 4.55. The fourth-order valence-electron chi connectivity index (χ4n) is 2.16. The summed E-state index contributed by atoms with van der Waals surface area (Å²) in [6.45, 7) is 13.0. The molecule has 0 bridgehead atoms. The summed E-state index contributed by atoms with van der Waals surface area (Å²) in [5, 5.41) is 14.4. The first-order valence-electron chi connectivity index (χ1n) is 7.11. The number of nitrogens with two attached hydrogens (primary N) is 2. The number of phenols is 1. The van der Waals surface area contributed by atoms with E-state index in [1.54, 1.807) is 0 Å². The molecule has 0 amide bonds. The van der Waals surface area contributed by atoms with Crippen molar-refractivity contribution in [3.63, 3.8) is 0 Å². The van der Waals surface area contributed by atoms with E-state index in [9.17, 15) is 5.11 Å². The highest BCUT2D eigenvalue weighted by atomic mass is 16.3. The van der Waals surface area contributed by atoms with Crippen LogP contribution in [0.5, 0.6) is 5.75 Å². The van der Waals surface area contributed by atoms with Crippen LogP contribution < -0.4 is 16.9 Å². The quantitative estimate of drug-likeness (QED) is 0.390. The molecular weight excluding hydrogens is 264 g/mol. The van der Waals surface area contributed by atoms with Crippen LogP contribution in [0.1, 0.15) is 58.2 Å². The summed E-state index contributed by atoms with van der Waals surface area (Å²) in [6, 6.07) is 4.00. The van der Waals surface area contributed by atoms with Gasteiger partial charge in [-0.25, -0.2) is 0 Å². The van der Waals surface area contributed by atoms with Gasteiger partial charge in [0.25, 0.3) is 0 Å². The van der Waals surface area contributed by atoms with Gasteiger partial charge in [0.2, 0.25) is 5.96 Å². The molecule has 0 fully saturated rings. The monoisotopic (exact) mass is 292 g/mol.